The first-order chi connectivity index (χ1) is 22.3. The minimum absolute atomic E-state index is 0.0268. The number of morpholine rings is 2. The summed E-state index contributed by atoms with van der Waals surface area (Å²) in [6.07, 6.45) is -0.405. The van der Waals surface area contributed by atoms with Crippen LogP contribution in [0.3, 0.4) is 0 Å². The van der Waals surface area contributed by atoms with Crippen LogP contribution in [0.15, 0.2) is 109 Å². The van der Waals surface area contributed by atoms with Gasteiger partial charge in [0.15, 0.2) is 35.2 Å². The molecule has 2 fully saturated rings. The third-order valence-electron chi connectivity index (χ3n) is 7.57. The SMILES string of the molecule is CCOc1ccccc1OC(c1ccccc1)C1CNCCO1.COc1ccccc1OC(c1ccccc1)C1CNCCO1. The molecular formula is C37H44N2O6. The number of rotatable bonds is 11. The molecule has 0 bridgehead atoms. The van der Waals surface area contributed by atoms with Crippen LogP contribution in [0.4, 0.5) is 0 Å². The summed E-state index contributed by atoms with van der Waals surface area (Å²) >= 11 is 0. The topological polar surface area (TPSA) is 79.4 Å². The van der Waals surface area contributed by atoms with Crippen LogP contribution in [0.2, 0.25) is 0 Å². The van der Waals surface area contributed by atoms with Crippen LogP contribution in [-0.2, 0) is 9.47 Å². The van der Waals surface area contributed by atoms with Gasteiger partial charge in [-0.05, 0) is 42.3 Å². The molecule has 8 nitrogen and oxygen atoms in total. The van der Waals surface area contributed by atoms with E-state index in [0.717, 1.165) is 60.3 Å². The maximum atomic E-state index is 6.33. The van der Waals surface area contributed by atoms with Gasteiger partial charge in [0.1, 0.15) is 12.2 Å². The highest BCUT2D eigenvalue weighted by Gasteiger charge is 2.30. The summed E-state index contributed by atoms with van der Waals surface area (Å²) in [5, 5.41) is 6.74. The Morgan fingerprint density at radius 2 is 1.02 bits per heavy atom. The molecule has 2 N–H and O–H groups in total. The standard InChI is InChI=1S/C19H23NO3.C18H21NO3/c1-2-21-16-10-6-7-11-17(16)23-19(15-8-4-3-5-9-15)18-14-20-12-13-22-18;1-20-15-9-5-6-10-16(15)22-18(14-7-3-2-4-8-14)17-13-19-11-12-21-17/h3-11,18-20H,2,12-14H2,1H3;2-10,17-19H,11-13H2,1H3. The Labute approximate surface area is 266 Å². The van der Waals surface area contributed by atoms with E-state index in [2.05, 4.69) is 34.9 Å². The zero-order chi connectivity index (χ0) is 31.1. The average molecular weight is 613 g/mol. The van der Waals surface area contributed by atoms with Crippen molar-refractivity contribution in [2.45, 2.75) is 31.3 Å². The highest BCUT2D eigenvalue weighted by atomic mass is 16.6. The second kappa shape index (κ2) is 17.4. The molecule has 8 heteroatoms. The van der Waals surface area contributed by atoms with Crippen molar-refractivity contribution in [1.82, 2.24) is 10.6 Å². The first-order valence-electron chi connectivity index (χ1n) is 15.7. The van der Waals surface area contributed by atoms with Gasteiger partial charge >= 0.3 is 0 Å². The Balaban J connectivity index is 0.000000178. The molecule has 4 aromatic carbocycles. The second-order valence-electron chi connectivity index (χ2n) is 10.7. The van der Waals surface area contributed by atoms with Crippen LogP contribution in [0.25, 0.3) is 0 Å². The molecule has 0 saturated carbocycles. The smallest absolute Gasteiger partial charge is 0.162 e. The van der Waals surface area contributed by atoms with E-state index in [9.17, 15) is 0 Å². The summed E-state index contributed by atoms with van der Waals surface area (Å²) in [6, 6.07) is 35.9. The summed E-state index contributed by atoms with van der Waals surface area (Å²) in [5.41, 5.74) is 2.20. The zero-order valence-electron chi connectivity index (χ0n) is 26.1. The fourth-order valence-corrected chi connectivity index (χ4v) is 5.37. The highest BCUT2D eigenvalue weighted by Crippen LogP contribution is 2.35. The Kier molecular flexibility index (Phi) is 12.5. The van der Waals surface area contributed by atoms with E-state index >= 15 is 0 Å². The van der Waals surface area contributed by atoms with Crippen molar-refractivity contribution in [3.8, 4) is 23.0 Å². The van der Waals surface area contributed by atoms with E-state index in [1.807, 2.05) is 91.9 Å². The average Bonchev–Trinajstić information content (AvgIpc) is 3.12. The second-order valence-corrected chi connectivity index (χ2v) is 10.7. The molecular weight excluding hydrogens is 568 g/mol. The van der Waals surface area contributed by atoms with Gasteiger partial charge in [-0.15, -0.1) is 0 Å². The van der Waals surface area contributed by atoms with Crippen LogP contribution >= 0.6 is 0 Å². The van der Waals surface area contributed by atoms with E-state index in [1.165, 1.54) is 0 Å². The molecule has 2 saturated heterocycles. The molecule has 2 heterocycles. The largest absolute Gasteiger partial charge is 0.493 e. The van der Waals surface area contributed by atoms with Crippen molar-refractivity contribution < 1.29 is 28.4 Å². The summed E-state index contributed by atoms with van der Waals surface area (Å²) in [7, 11) is 1.65. The number of methoxy groups -OCH3 is 1. The quantitative estimate of drug-likeness (QED) is 0.214. The van der Waals surface area contributed by atoms with Gasteiger partial charge in [-0.2, -0.15) is 0 Å². The predicted molar refractivity (Wildman–Crippen MR) is 175 cm³/mol. The van der Waals surface area contributed by atoms with Gasteiger partial charge < -0.3 is 39.1 Å². The lowest BCUT2D eigenvalue weighted by Gasteiger charge is -2.32. The van der Waals surface area contributed by atoms with Crippen molar-refractivity contribution in [2.24, 2.45) is 0 Å². The number of nitrogens with one attached hydrogen (secondary N) is 2. The van der Waals surface area contributed by atoms with Crippen LogP contribution < -0.4 is 29.6 Å². The molecule has 0 amide bonds. The number of para-hydroxylation sites is 4. The van der Waals surface area contributed by atoms with Gasteiger partial charge in [-0.3, -0.25) is 0 Å². The van der Waals surface area contributed by atoms with Gasteiger partial charge in [-0.1, -0.05) is 84.9 Å². The summed E-state index contributed by atoms with van der Waals surface area (Å²) in [5.74, 6) is 2.97. The lowest BCUT2D eigenvalue weighted by molar-refractivity contribution is -0.0439. The van der Waals surface area contributed by atoms with Crippen LogP contribution in [0.5, 0.6) is 23.0 Å². The number of hydrogen-bond donors (Lipinski definition) is 2. The maximum absolute atomic E-state index is 6.33. The minimum atomic E-state index is -0.176. The van der Waals surface area contributed by atoms with Crippen LogP contribution in [-0.4, -0.2) is 65.3 Å². The van der Waals surface area contributed by atoms with Gasteiger partial charge in [0.2, 0.25) is 0 Å². The van der Waals surface area contributed by atoms with Crippen molar-refractivity contribution in [3.05, 3.63) is 120 Å². The molecule has 4 atom stereocenters. The van der Waals surface area contributed by atoms with Gasteiger partial charge in [0.25, 0.3) is 0 Å². The summed E-state index contributed by atoms with van der Waals surface area (Å²) < 4.78 is 35.5. The Morgan fingerprint density at radius 3 is 1.44 bits per heavy atom. The lowest BCUT2D eigenvalue weighted by Crippen LogP contribution is -2.43. The molecule has 0 aliphatic carbocycles. The number of ether oxygens (including phenoxy) is 6. The molecule has 4 unspecified atom stereocenters. The molecule has 0 aromatic heterocycles. The minimum Gasteiger partial charge on any atom is -0.493 e. The highest BCUT2D eigenvalue weighted by molar-refractivity contribution is 5.41. The van der Waals surface area contributed by atoms with Crippen LogP contribution in [0, 0.1) is 0 Å². The normalized spacial score (nSPS) is 19.2. The lowest BCUT2D eigenvalue weighted by atomic mass is 10.0. The first kappa shape index (κ1) is 32.3. The third kappa shape index (κ3) is 9.22. The summed E-state index contributed by atoms with van der Waals surface area (Å²) in [6.45, 7) is 7.29. The Bertz CT molecular complexity index is 1390. The number of hydrogen-bond acceptors (Lipinski definition) is 8. The first-order valence-corrected chi connectivity index (χ1v) is 15.7. The van der Waals surface area contributed by atoms with E-state index in [4.69, 9.17) is 28.4 Å². The summed E-state index contributed by atoms with van der Waals surface area (Å²) in [4.78, 5) is 0. The van der Waals surface area contributed by atoms with Crippen molar-refractivity contribution in [2.75, 3.05) is 53.1 Å². The van der Waals surface area contributed by atoms with E-state index in [1.54, 1.807) is 7.11 Å². The molecule has 0 spiro atoms. The third-order valence-corrected chi connectivity index (χ3v) is 7.57. The van der Waals surface area contributed by atoms with E-state index < -0.39 is 0 Å². The number of benzene rings is 4. The van der Waals surface area contributed by atoms with Gasteiger partial charge in [0.05, 0.1) is 26.9 Å². The zero-order valence-corrected chi connectivity index (χ0v) is 26.1. The van der Waals surface area contributed by atoms with Crippen molar-refractivity contribution in [3.63, 3.8) is 0 Å². The molecule has 2 aliphatic heterocycles. The van der Waals surface area contributed by atoms with E-state index in [-0.39, 0.29) is 24.4 Å². The van der Waals surface area contributed by atoms with Crippen molar-refractivity contribution >= 4 is 0 Å². The molecule has 4 aromatic rings. The molecule has 238 valence electrons. The predicted octanol–water partition coefficient (Wildman–Crippen LogP) is 6.00. The van der Waals surface area contributed by atoms with Crippen LogP contribution in [0.1, 0.15) is 30.3 Å². The maximum Gasteiger partial charge on any atom is 0.162 e. The van der Waals surface area contributed by atoms with Crippen molar-refractivity contribution in [1.29, 1.82) is 0 Å². The molecule has 45 heavy (non-hydrogen) atoms. The van der Waals surface area contributed by atoms with Gasteiger partial charge in [-0.25, -0.2) is 0 Å². The van der Waals surface area contributed by atoms with E-state index in [0.29, 0.717) is 19.8 Å². The molecule has 2 aliphatic rings. The monoisotopic (exact) mass is 612 g/mol. The molecule has 0 radical (unpaired) electrons. The fourth-order valence-electron chi connectivity index (χ4n) is 5.37. The van der Waals surface area contributed by atoms with Gasteiger partial charge in [0, 0.05) is 26.2 Å². The fraction of sp³-hybridized carbons (Fsp3) is 0.351. The Morgan fingerprint density at radius 1 is 0.600 bits per heavy atom. The molecule has 6 rings (SSSR count). The Hall–Kier alpha value is -4.08.